The number of hydrogen-bond acceptors (Lipinski definition) is 3. The predicted molar refractivity (Wildman–Crippen MR) is 77.3 cm³/mol. The Morgan fingerprint density at radius 2 is 2.12 bits per heavy atom. The first kappa shape index (κ1) is 16.8. The zero-order valence-electron chi connectivity index (χ0n) is 13.0. The van der Waals surface area contributed by atoms with Gasteiger partial charge in [-0.1, -0.05) is 19.1 Å². The smallest absolute Gasteiger partial charge is 0.481 e. The van der Waals surface area contributed by atoms with E-state index in [1.54, 1.807) is 6.07 Å². The largest absolute Gasteiger partial charge is 0.573 e. The van der Waals surface area contributed by atoms with Crippen LogP contribution in [-0.4, -0.2) is 23.2 Å². The maximum absolute atomic E-state index is 12.7. The topological polar surface area (TPSA) is 63.6 Å². The third kappa shape index (κ3) is 2.65. The van der Waals surface area contributed by atoms with Crippen LogP contribution in [0.15, 0.2) is 24.3 Å². The molecule has 0 spiro atoms. The van der Waals surface area contributed by atoms with Gasteiger partial charge in [0.1, 0.15) is 11.5 Å². The molecular formula is C17H17F3O4. The number of hydrogen-bond donors (Lipinski definition) is 1. The third-order valence-electron chi connectivity index (χ3n) is 5.34. The van der Waals surface area contributed by atoms with Crippen molar-refractivity contribution >= 4 is 11.8 Å². The number of carbonyl (C=O) groups is 2. The van der Waals surface area contributed by atoms with Gasteiger partial charge in [-0.3, -0.25) is 9.59 Å². The number of alkyl halides is 3. The summed E-state index contributed by atoms with van der Waals surface area (Å²) in [4.78, 5) is 23.9. The summed E-state index contributed by atoms with van der Waals surface area (Å²) in [5.74, 6) is -2.41. The number of aliphatic carboxylic acids is 1. The first-order valence-corrected chi connectivity index (χ1v) is 7.81. The molecule has 0 bridgehead atoms. The summed E-state index contributed by atoms with van der Waals surface area (Å²) >= 11 is 0. The van der Waals surface area contributed by atoms with Crippen molar-refractivity contribution in [1.82, 2.24) is 0 Å². The van der Waals surface area contributed by atoms with Gasteiger partial charge in [0, 0.05) is 11.3 Å². The lowest BCUT2D eigenvalue weighted by Crippen LogP contribution is -2.26. The van der Waals surface area contributed by atoms with Crippen LogP contribution in [0, 0.1) is 23.2 Å². The highest BCUT2D eigenvalue weighted by Crippen LogP contribution is 2.69. The van der Waals surface area contributed by atoms with Crippen LogP contribution in [0.5, 0.6) is 5.75 Å². The monoisotopic (exact) mass is 342 g/mol. The van der Waals surface area contributed by atoms with E-state index in [1.165, 1.54) is 18.2 Å². The third-order valence-corrected chi connectivity index (χ3v) is 5.34. The summed E-state index contributed by atoms with van der Waals surface area (Å²) in [6, 6.07) is 5.58. The molecule has 4 nitrogen and oxygen atoms in total. The van der Waals surface area contributed by atoms with Gasteiger partial charge in [-0.25, -0.2) is 0 Å². The first-order chi connectivity index (χ1) is 11.2. The average Bonchev–Trinajstić information content (AvgIpc) is 3.05. The normalized spacial score (nSPS) is 31.7. The molecule has 4 unspecified atom stereocenters. The van der Waals surface area contributed by atoms with E-state index in [0.717, 1.165) is 0 Å². The standard InChI is InChI=1S/C17H17F3O4/c1-2-16-12(13(16)15(22)23)8-10(14(16)21)6-9-4-3-5-11(7-9)24-17(18,19)20/h3-5,7,10,12-13H,2,6,8H2,1H3,(H,22,23). The quantitative estimate of drug-likeness (QED) is 0.890. The summed E-state index contributed by atoms with van der Waals surface area (Å²) < 4.78 is 40.7. The lowest BCUT2D eigenvalue weighted by molar-refractivity contribution is -0.274. The zero-order chi connectivity index (χ0) is 17.7. The van der Waals surface area contributed by atoms with E-state index in [1.807, 2.05) is 6.92 Å². The van der Waals surface area contributed by atoms with Crippen molar-refractivity contribution in [1.29, 1.82) is 0 Å². The summed E-state index contributed by atoms with van der Waals surface area (Å²) in [5.41, 5.74) is -0.189. The number of ketones is 1. The van der Waals surface area contributed by atoms with E-state index >= 15 is 0 Å². The number of benzene rings is 1. The van der Waals surface area contributed by atoms with Gasteiger partial charge in [0.05, 0.1) is 5.92 Å². The van der Waals surface area contributed by atoms with Crippen molar-refractivity contribution in [2.75, 3.05) is 0 Å². The SMILES string of the molecule is CCC12C(=O)C(Cc3cccc(OC(F)(F)F)c3)CC1C2C(=O)O. The van der Waals surface area contributed by atoms with Crippen LogP contribution in [0.1, 0.15) is 25.3 Å². The van der Waals surface area contributed by atoms with Crippen molar-refractivity contribution in [3.05, 3.63) is 29.8 Å². The number of rotatable bonds is 5. The maximum atomic E-state index is 12.7. The van der Waals surface area contributed by atoms with Crippen LogP contribution in [0.3, 0.4) is 0 Å². The van der Waals surface area contributed by atoms with E-state index in [4.69, 9.17) is 0 Å². The summed E-state index contributed by atoms with van der Waals surface area (Å²) in [5, 5.41) is 9.22. The van der Waals surface area contributed by atoms with Crippen LogP contribution in [-0.2, 0) is 16.0 Å². The molecule has 3 rings (SSSR count). The Hall–Kier alpha value is -2.05. The molecule has 0 heterocycles. The van der Waals surface area contributed by atoms with Gasteiger partial charge in [0.15, 0.2) is 0 Å². The van der Waals surface area contributed by atoms with Gasteiger partial charge in [-0.15, -0.1) is 13.2 Å². The molecule has 130 valence electrons. The van der Waals surface area contributed by atoms with Gasteiger partial charge in [-0.05, 0) is 42.9 Å². The Kier molecular flexibility index (Phi) is 3.85. The van der Waals surface area contributed by atoms with Gasteiger partial charge in [0.2, 0.25) is 0 Å². The zero-order valence-corrected chi connectivity index (χ0v) is 13.0. The first-order valence-electron chi connectivity index (χ1n) is 7.81. The molecule has 1 aromatic rings. The Labute approximate surface area is 136 Å². The molecular weight excluding hydrogens is 325 g/mol. The molecule has 0 aromatic heterocycles. The van der Waals surface area contributed by atoms with E-state index in [9.17, 15) is 27.9 Å². The molecule has 1 N–H and O–H groups in total. The highest BCUT2D eigenvalue weighted by molar-refractivity contribution is 5.99. The van der Waals surface area contributed by atoms with Crippen molar-refractivity contribution in [3.8, 4) is 5.75 Å². The van der Waals surface area contributed by atoms with Crippen LogP contribution >= 0.6 is 0 Å². The molecule has 7 heteroatoms. The molecule has 2 aliphatic carbocycles. The van der Waals surface area contributed by atoms with Crippen LogP contribution in [0.2, 0.25) is 0 Å². The molecule has 0 saturated heterocycles. The van der Waals surface area contributed by atoms with Gasteiger partial charge >= 0.3 is 12.3 Å². The minimum Gasteiger partial charge on any atom is -0.481 e. The molecule has 2 saturated carbocycles. The lowest BCUT2D eigenvalue weighted by Gasteiger charge is -2.17. The van der Waals surface area contributed by atoms with Crippen molar-refractivity contribution < 1.29 is 32.6 Å². The molecule has 24 heavy (non-hydrogen) atoms. The number of Topliss-reactive ketones (excluding diaryl/α,β-unsaturated/α-hetero) is 1. The molecule has 0 amide bonds. The van der Waals surface area contributed by atoms with Crippen LogP contribution in [0.4, 0.5) is 13.2 Å². The van der Waals surface area contributed by atoms with E-state index < -0.39 is 23.7 Å². The molecule has 2 aliphatic rings. The van der Waals surface area contributed by atoms with Gasteiger partial charge in [-0.2, -0.15) is 0 Å². The van der Waals surface area contributed by atoms with Crippen LogP contribution in [0.25, 0.3) is 0 Å². The number of halogens is 3. The van der Waals surface area contributed by atoms with E-state index in [-0.39, 0.29) is 23.4 Å². The number of carboxylic acid groups (broad SMARTS) is 1. The second-order valence-corrected chi connectivity index (χ2v) is 6.51. The fraction of sp³-hybridized carbons (Fsp3) is 0.529. The van der Waals surface area contributed by atoms with Crippen LogP contribution < -0.4 is 4.74 Å². The predicted octanol–water partition coefficient (Wildman–Crippen LogP) is 3.44. The Balaban J connectivity index is 1.72. The van der Waals surface area contributed by atoms with Crippen molar-refractivity contribution in [2.45, 2.75) is 32.5 Å². The number of carboxylic acids is 1. The minimum absolute atomic E-state index is 0.0652. The average molecular weight is 342 g/mol. The Morgan fingerprint density at radius 3 is 2.67 bits per heavy atom. The summed E-state index contributed by atoms with van der Waals surface area (Å²) in [6.07, 6.45) is -3.49. The number of carbonyl (C=O) groups excluding carboxylic acids is 1. The summed E-state index contributed by atoms with van der Waals surface area (Å²) in [7, 11) is 0. The molecule has 2 fully saturated rings. The fourth-order valence-electron chi connectivity index (χ4n) is 4.37. The Bertz CT molecular complexity index is 685. The van der Waals surface area contributed by atoms with Gasteiger partial charge in [0.25, 0.3) is 0 Å². The highest BCUT2D eigenvalue weighted by atomic mass is 19.4. The Morgan fingerprint density at radius 1 is 1.42 bits per heavy atom. The van der Waals surface area contributed by atoms with Crippen molar-refractivity contribution in [3.63, 3.8) is 0 Å². The highest BCUT2D eigenvalue weighted by Gasteiger charge is 2.75. The minimum atomic E-state index is -4.76. The van der Waals surface area contributed by atoms with Gasteiger partial charge < -0.3 is 9.84 Å². The van der Waals surface area contributed by atoms with Crippen molar-refractivity contribution in [2.24, 2.45) is 23.2 Å². The number of fused-ring (bicyclic) bond motifs is 1. The second-order valence-electron chi connectivity index (χ2n) is 6.51. The number of ether oxygens (including phenoxy) is 1. The molecule has 4 atom stereocenters. The van der Waals surface area contributed by atoms with E-state index in [2.05, 4.69) is 4.74 Å². The molecule has 0 aliphatic heterocycles. The second kappa shape index (κ2) is 5.50. The maximum Gasteiger partial charge on any atom is 0.573 e. The summed E-state index contributed by atoms with van der Waals surface area (Å²) in [6.45, 7) is 1.81. The molecule has 1 aromatic carbocycles. The lowest BCUT2D eigenvalue weighted by atomic mass is 9.86. The van der Waals surface area contributed by atoms with E-state index in [0.29, 0.717) is 24.8 Å². The fourth-order valence-corrected chi connectivity index (χ4v) is 4.37. The molecule has 0 radical (unpaired) electrons.